The molecule has 2 aromatic carbocycles. The highest BCUT2D eigenvalue weighted by Gasteiger charge is 2.24. The van der Waals surface area contributed by atoms with Crippen molar-refractivity contribution in [3.8, 4) is 0 Å². The van der Waals surface area contributed by atoms with Gasteiger partial charge in [0.15, 0.2) is 0 Å². The highest BCUT2D eigenvalue weighted by Crippen LogP contribution is 2.27. The van der Waals surface area contributed by atoms with Crippen molar-refractivity contribution >= 4 is 16.9 Å². The summed E-state index contributed by atoms with van der Waals surface area (Å²) in [7, 11) is 0. The molecule has 0 bridgehead atoms. The zero-order valence-electron chi connectivity index (χ0n) is 15.3. The third-order valence-electron chi connectivity index (χ3n) is 5.56. The summed E-state index contributed by atoms with van der Waals surface area (Å²) >= 11 is 0. The van der Waals surface area contributed by atoms with E-state index in [1.807, 2.05) is 29.4 Å². The van der Waals surface area contributed by atoms with Crippen LogP contribution in [0.4, 0.5) is 0 Å². The van der Waals surface area contributed by atoms with Crippen LogP contribution in [0.2, 0.25) is 0 Å². The highest BCUT2D eigenvalue weighted by molar-refractivity contribution is 5.77. The Morgan fingerprint density at radius 1 is 1.08 bits per heavy atom. The minimum atomic E-state index is 0.280. The topological polar surface area (TPSA) is 38.1 Å². The van der Waals surface area contributed by atoms with Crippen molar-refractivity contribution in [1.82, 2.24) is 14.5 Å². The second-order valence-corrected chi connectivity index (χ2v) is 7.18. The first kappa shape index (κ1) is 16.8. The van der Waals surface area contributed by atoms with Gasteiger partial charge in [0.2, 0.25) is 5.91 Å². The van der Waals surface area contributed by atoms with Crippen molar-refractivity contribution in [2.75, 3.05) is 13.1 Å². The number of rotatable bonds is 4. The van der Waals surface area contributed by atoms with Gasteiger partial charge in [0.1, 0.15) is 0 Å². The van der Waals surface area contributed by atoms with Gasteiger partial charge in [-0.2, -0.15) is 0 Å². The minimum absolute atomic E-state index is 0.280. The highest BCUT2D eigenvalue weighted by atomic mass is 16.2. The van der Waals surface area contributed by atoms with Crippen molar-refractivity contribution in [1.29, 1.82) is 0 Å². The van der Waals surface area contributed by atoms with Gasteiger partial charge in [-0.3, -0.25) is 4.79 Å². The largest absolute Gasteiger partial charge is 0.343 e. The standard InChI is InChI=1S/C22H25N3O/c1-17-6-2-3-7-18(17)10-11-22(26)24-14-12-19(13-15-24)25-16-23-20-8-4-5-9-21(20)25/h2-9,16,19H,10-15H2,1H3. The lowest BCUT2D eigenvalue weighted by atomic mass is 10.0. The number of hydrogen-bond donors (Lipinski definition) is 0. The molecule has 1 fully saturated rings. The Morgan fingerprint density at radius 3 is 2.62 bits per heavy atom. The molecule has 1 amide bonds. The summed E-state index contributed by atoms with van der Waals surface area (Å²) in [6.07, 6.45) is 5.37. The normalized spacial score (nSPS) is 15.5. The fraction of sp³-hybridized carbons (Fsp3) is 0.364. The van der Waals surface area contributed by atoms with Gasteiger partial charge in [0, 0.05) is 25.6 Å². The molecular weight excluding hydrogens is 322 g/mol. The lowest BCUT2D eigenvalue weighted by Crippen LogP contribution is -2.39. The SMILES string of the molecule is Cc1ccccc1CCC(=O)N1CCC(n2cnc3ccccc32)CC1. The van der Waals surface area contributed by atoms with E-state index < -0.39 is 0 Å². The zero-order chi connectivity index (χ0) is 17.9. The van der Waals surface area contributed by atoms with Crippen molar-refractivity contribution in [3.63, 3.8) is 0 Å². The van der Waals surface area contributed by atoms with Crippen molar-refractivity contribution in [2.24, 2.45) is 0 Å². The van der Waals surface area contributed by atoms with Crippen LogP contribution in [0.3, 0.4) is 0 Å². The zero-order valence-corrected chi connectivity index (χ0v) is 15.3. The number of hydrogen-bond acceptors (Lipinski definition) is 2. The maximum absolute atomic E-state index is 12.6. The van der Waals surface area contributed by atoms with Crippen LogP contribution in [0, 0.1) is 6.92 Å². The molecule has 0 aliphatic carbocycles. The molecule has 0 saturated carbocycles. The van der Waals surface area contributed by atoms with E-state index in [0.29, 0.717) is 12.5 Å². The average Bonchev–Trinajstić information content (AvgIpc) is 3.11. The van der Waals surface area contributed by atoms with Crippen LogP contribution in [0.15, 0.2) is 54.9 Å². The molecule has 134 valence electrons. The van der Waals surface area contributed by atoms with E-state index in [9.17, 15) is 4.79 Å². The number of likely N-dealkylation sites (tertiary alicyclic amines) is 1. The summed E-state index contributed by atoms with van der Waals surface area (Å²) in [5.74, 6) is 0.280. The quantitative estimate of drug-likeness (QED) is 0.711. The number of aromatic nitrogens is 2. The van der Waals surface area contributed by atoms with Crippen molar-refractivity contribution in [2.45, 2.75) is 38.6 Å². The molecule has 4 heteroatoms. The van der Waals surface area contributed by atoms with Gasteiger partial charge in [0.05, 0.1) is 17.4 Å². The Hall–Kier alpha value is -2.62. The van der Waals surface area contributed by atoms with Crippen LogP contribution >= 0.6 is 0 Å². The molecule has 1 aliphatic rings. The summed E-state index contributed by atoms with van der Waals surface area (Å²) in [6.45, 7) is 3.79. The van der Waals surface area contributed by atoms with Crippen LogP contribution in [-0.4, -0.2) is 33.4 Å². The number of amides is 1. The first-order valence-corrected chi connectivity index (χ1v) is 9.46. The molecule has 0 radical (unpaired) electrons. The van der Waals surface area contributed by atoms with Gasteiger partial charge in [0.25, 0.3) is 0 Å². The lowest BCUT2D eigenvalue weighted by molar-refractivity contribution is -0.132. The predicted octanol–water partition coefficient (Wildman–Crippen LogP) is 4.14. The van der Waals surface area contributed by atoms with Crippen LogP contribution in [0.1, 0.15) is 36.4 Å². The van der Waals surface area contributed by atoms with Gasteiger partial charge in [-0.05, 0) is 49.4 Å². The second kappa shape index (κ2) is 7.32. The third kappa shape index (κ3) is 3.36. The Bertz CT molecular complexity index is 906. The molecule has 0 atom stereocenters. The Labute approximate surface area is 154 Å². The van der Waals surface area contributed by atoms with Crippen LogP contribution in [0.25, 0.3) is 11.0 Å². The van der Waals surface area contributed by atoms with Gasteiger partial charge >= 0.3 is 0 Å². The molecule has 0 unspecified atom stereocenters. The van der Waals surface area contributed by atoms with E-state index in [0.717, 1.165) is 37.9 Å². The van der Waals surface area contributed by atoms with Gasteiger partial charge in [-0.25, -0.2) is 4.98 Å². The molecule has 0 N–H and O–H groups in total. The summed E-state index contributed by atoms with van der Waals surface area (Å²) in [4.78, 5) is 19.1. The van der Waals surface area contributed by atoms with Crippen molar-refractivity contribution < 1.29 is 4.79 Å². The molecule has 1 aromatic heterocycles. The molecule has 4 rings (SSSR count). The maximum Gasteiger partial charge on any atom is 0.222 e. The predicted molar refractivity (Wildman–Crippen MR) is 104 cm³/mol. The summed E-state index contributed by atoms with van der Waals surface area (Å²) in [5.41, 5.74) is 4.78. The van der Waals surface area contributed by atoms with Crippen molar-refractivity contribution in [3.05, 3.63) is 66.0 Å². The van der Waals surface area contributed by atoms with E-state index in [1.165, 1.54) is 16.6 Å². The number of benzene rings is 2. The summed E-state index contributed by atoms with van der Waals surface area (Å²) in [6, 6.07) is 17.0. The maximum atomic E-state index is 12.6. The fourth-order valence-electron chi connectivity index (χ4n) is 3.95. The first-order chi connectivity index (χ1) is 12.7. The van der Waals surface area contributed by atoms with E-state index in [1.54, 1.807) is 0 Å². The molecule has 1 aliphatic heterocycles. The number of aryl methyl sites for hydroxylation is 2. The minimum Gasteiger partial charge on any atom is -0.343 e. The van der Waals surface area contributed by atoms with Gasteiger partial charge in [-0.15, -0.1) is 0 Å². The van der Waals surface area contributed by atoms with Crippen LogP contribution < -0.4 is 0 Å². The Morgan fingerprint density at radius 2 is 1.81 bits per heavy atom. The number of imidazole rings is 1. The fourth-order valence-corrected chi connectivity index (χ4v) is 3.95. The van der Waals surface area contributed by atoms with Crippen LogP contribution in [-0.2, 0) is 11.2 Å². The van der Waals surface area contributed by atoms with Gasteiger partial charge < -0.3 is 9.47 Å². The van der Waals surface area contributed by atoms with Gasteiger partial charge in [-0.1, -0.05) is 36.4 Å². The number of nitrogens with zero attached hydrogens (tertiary/aromatic N) is 3. The molecule has 26 heavy (non-hydrogen) atoms. The summed E-state index contributed by atoms with van der Waals surface area (Å²) < 4.78 is 2.28. The van der Waals surface area contributed by atoms with E-state index >= 15 is 0 Å². The monoisotopic (exact) mass is 347 g/mol. The Kier molecular flexibility index (Phi) is 4.74. The number of fused-ring (bicyclic) bond motifs is 1. The van der Waals surface area contributed by atoms with Crippen LogP contribution in [0.5, 0.6) is 0 Å². The average molecular weight is 347 g/mol. The number of carbonyl (C=O) groups excluding carboxylic acids is 1. The molecule has 1 saturated heterocycles. The number of piperidine rings is 1. The molecule has 3 aromatic rings. The van der Waals surface area contributed by atoms with E-state index in [-0.39, 0.29) is 5.91 Å². The first-order valence-electron chi connectivity index (χ1n) is 9.46. The Balaban J connectivity index is 1.34. The van der Waals surface area contributed by atoms with E-state index in [4.69, 9.17) is 0 Å². The number of para-hydroxylation sites is 2. The second-order valence-electron chi connectivity index (χ2n) is 7.18. The molecule has 4 nitrogen and oxygen atoms in total. The van der Waals surface area contributed by atoms with E-state index in [2.05, 4.69) is 46.8 Å². The summed E-state index contributed by atoms with van der Waals surface area (Å²) in [5, 5.41) is 0. The molecular formula is C22H25N3O. The molecule has 0 spiro atoms. The molecule has 2 heterocycles. The number of carbonyl (C=O) groups is 1. The third-order valence-corrected chi connectivity index (χ3v) is 5.56. The smallest absolute Gasteiger partial charge is 0.222 e. The lowest BCUT2D eigenvalue weighted by Gasteiger charge is -2.33.